The highest BCUT2D eigenvalue weighted by Crippen LogP contribution is 2.33. The summed E-state index contributed by atoms with van der Waals surface area (Å²) in [5, 5.41) is 3.14. The maximum Gasteiger partial charge on any atom is 0.334 e. The van der Waals surface area contributed by atoms with Crippen LogP contribution < -0.4 is 5.32 Å². The van der Waals surface area contributed by atoms with Gasteiger partial charge >= 0.3 is 7.60 Å². The van der Waals surface area contributed by atoms with Gasteiger partial charge in [0.2, 0.25) is 11.8 Å². The van der Waals surface area contributed by atoms with Crippen molar-refractivity contribution < 1.29 is 23.6 Å². The van der Waals surface area contributed by atoms with E-state index < -0.39 is 19.7 Å². The van der Waals surface area contributed by atoms with Crippen LogP contribution in [0.25, 0.3) is 0 Å². The van der Waals surface area contributed by atoms with Gasteiger partial charge in [-0.15, -0.1) is 0 Å². The third-order valence-corrected chi connectivity index (χ3v) is 3.97. The summed E-state index contributed by atoms with van der Waals surface area (Å²) in [4.78, 5) is 32.8. The fraction of sp³-hybridized carbons (Fsp3) is 0.167. The summed E-state index contributed by atoms with van der Waals surface area (Å²) in [6, 6.07) is 5.06. The summed E-state index contributed by atoms with van der Waals surface area (Å²) in [5.41, 5.74) is 0.626. The lowest BCUT2D eigenvalue weighted by atomic mass is 10.1. The van der Waals surface area contributed by atoms with Crippen molar-refractivity contribution in [2.75, 3.05) is 11.5 Å². The van der Waals surface area contributed by atoms with E-state index in [1.165, 1.54) is 0 Å². The largest absolute Gasteiger partial charge is 0.446 e. The highest BCUT2D eigenvalue weighted by Gasteiger charge is 2.20. The number of halogens is 2. The van der Waals surface area contributed by atoms with Crippen molar-refractivity contribution in [3.05, 3.63) is 46.0 Å². The number of hydrogen-bond donors (Lipinski definition) is 3. The Morgan fingerprint density at radius 1 is 1.32 bits per heavy atom. The zero-order chi connectivity index (χ0) is 16.3. The van der Waals surface area contributed by atoms with Gasteiger partial charge in [0.05, 0.1) is 6.42 Å². The first-order valence-corrected chi connectivity index (χ1v) is 8.51. The Kier molecular flexibility index (Phi) is 5.26. The summed E-state index contributed by atoms with van der Waals surface area (Å²) in [5.74, 6) is -0.554. The lowest BCUT2D eigenvalue weighted by Crippen LogP contribution is -2.16. The van der Waals surface area contributed by atoms with Crippen molar-refractivity contribution >= 4 is 42.5 Å². The quantitative estimate of drug-likeness (QED) is 0.703. The van der Waals surface area contributed by atoms with Crippen LogP contribution >= 0.6 is 30.8 Å². The summed E-state index contributed by atoms with van der Waals surface area (Å²) >= 11 is 12.1. The fourth-order valence-corrected chi connectivity index (χ4v) is 2.66. The van der Waals surface area contributed by atoms with Gasteiger partial charge < -0.3 is 19.5 Å². The molecule has 0 spiro atoms. The van der Waals surface area contributed by atoms with E-state index in [9.17, 15) is 9.36 Å². The molecule has 2 aromatic rings. The van der Waals surface area contributed by atoms with Crippen LogP contribution in [-0.4, -0.2) is 26.8 Å². The first-order valence-electron chi connectivity index (χ1n) is 5.96. The molecule has 7 nitrogen and oxygen atoms in total. The molecule has 3 N–H and O–H groups in total. The SMILES string of the molecule is O=C(CP(=O)(O)O)Nc1coc(Cc2c(Cl)cccc2Cl)n1. The number of oxazole rings is 1. The molecule has 118 valence electrons. The third kappa shape index (κ3) is 4.83. The van der Waals surface area contributed by atoms with Gasteiger partial charge in [0.15, 0.2) is 5.82 Å². The number of aromatic nitrogens is 1. The first-order chi connectivity index (χ1) is 10.2. The zero-order valence-electron chi connectivity index (χ0n) is 11.0. The van der Waals surface area contributed by atoms with Crippen LogP contribution in [-0.2, 0) is 15.8 Å². The number of carbonyl (C=O) groups is 1. The molecule has 0 bridgehead atoms. The lowest BCUT2D eigenvalue weighted by Gasteiger charge is -2.04. The Morgan fingerprint density at radius 2 is 1.95 bits per heavy atom. The molecule has 1 aromatic heterocycles. The topological polar surface area (TPSA) is 113 Å². The van der Waals surface area contributed by atoms with Crippen LogP contribution in [0.15, 0.2) is 28.9 Å². The molecule has 2 rings (SSSR count). The standard InChI is InChI=1S/C12H11Cl2N2O5P/c13-8-2-1-3-9(14)7(8)4-12-16-10(5-21-12)15-11(17)6-22(18,19)20/h1-3,5H,4,6H2,(H,15,17)(H2,18,19,20). The number of nitrogens with one attached hydrogen (secondary N) is 1. The molecule has 0 aliphatic rings. The van der Waals surface area contributed by atoms with Crippen molar-refractivity contribution in [3.63, 3.8) is 0 Å². The van der Waals surface area contributed by atoms with Gasteiger partial charge in [-0.05, 0) is 17.7 Å². The molecule has 0 unspecified atom stereocenters. The molecule has 1 amide bonds. The Bertz CT molecular complexity index is 723. The highest BCUT2D eigenvalue weighted by molar-refractivity contribution is 7.52. The maximum absolute atomic E-state index is 11.4. The van der Waals surface area contributed by atoms with Crippen molar-refractivity contribution in [1.82, 2.24) is 4.98 Å². The molecule has 22 heavy (non-hydrogen) atoms. The van der Waals surface area contributed by atoms with E-state index in [-0.39, 0.29) is 18.1 Å². The molecule has 0 aliphatic carbocycles. The summed E-state index contributed by atoms with van der Waals surface area (Å²) < 4.78 is 15.9. The second-order valence-corrected chi connectivity index (χ2v) is 6.83. The minimum absolute atomic E-state index is 0.0524. The highest BCUT2D eigenvalue weighted by atomic mass is 35.5. The van der Waals surface area contributed by atoms with Crippen LogP contribution in [0.3, 0.4) is 0 Å². The van der Waals surface area contributed by atoms with Gasteiger partial charge in [-0.3, -0.25) is 9.36 Å². The summed E-state index contributed by atoms with van der Waals surface area (Å²) in [6.07, 6.45) is 0.454. The van der Waals surface area contributed by atoms with Crippen LogP contribution in [0.1, 0.15) is 11.5 Å². The molecule has 0 atom stereocenters. The summed E-state index contributed by atoms with van der Waals surface area (Å²) in [6.45, 7) is 0. The Morgan fingerprint density at radius 3 is 2.55 bits per heavy atom. The van der Waals surface area contributed by atoms with Crippen LogP contribution in [0.4, 0.5) is 5.82 Å². The summed E-state index contributed by atoms with van der Waals surface area (Å²) in [7, 11) is -4.43. The molecule has 0 saturated heterocycles. The second kappa shape index (κ2) is 6.81. The van der Waals surface area contributed by atoms with E-state index in [0.29, 0.717) is 15.6 Å². The van der Waals surface area contributed by atoms with Gasteiger partial charge in [-0.2, -0.15) is 4.98 Å². The average Bonchev–Trinajstić information content (AvgIpc) is 2.79. The molecule has 1 heterocycles. The van der Waals surface area contributed by atoms with Crippen LogP contribution in [0.2, 0.25) is 10.0 Å². The number of rotatable bonds is 5. The van der Waals surface area contributed by atoms with Crippen LogP contribution in [0.5, 0.6) is 0 Å². The maximum atomic E-state index is 11.4. The lowest BCUT2D eigenvalue weighted by molar-refractivity contribution is -0.114. The number of hydrogen-bond acceptors (Lipinski definition) is 4. The van der Waals surface area contributed by atoms with Gasteiger partial charge in [-0.1, -0.05) is 29.3 Å². The van der Waals surface area contributed by atoms with Crippen molar-refractivity contribution in [1.29, 1.82) is 0 Å². The van der Waals surface area contributed by atoms with E-state index in [1.807, 2.05) is 0 Å². The third-order valence-electron chi connectivity index (χ3n) is 2.56. The number of carbonyl (C=O) groups excluding carboxylic acids is 1. The zero-order valence-corrected chi connectivity index (χ0v) is 13.4. The Labute approximate surface area is 135 Å². The van der Waals surface area contributed by atoms with E-state index in [0.717, 1.165) is 6.26 Å². The predicted octanol–water partition coefficient (Wildman–Crippen LogP) is 2.69. The molecule has 0 radical (unpaired) electrons. The molecule has 0 fully saturated rings. The molecule has 0 aliphatic heterocycles. The normalized spacial score (nSPS) is 11.5. The predicted molar refractivity (Wildman–Crippen MR) is 81.3 cm³/mol. The van der Waals surface area contributed by atoms with Crippen LogP contribution in [0, 0.1) is 0 Å². The first kappa shape index (κ1) is 17.0. The van der Waals surface area contributed by atoms with Crippen molar-refractivity contribution in [2.45, 2.75) is 6.42 Å². The van der Waals surface area contributed by atoms with E-state index >= 15 is 0 Å². The molecular formula is C12H11Cl2N2O5P. The number of benzene rings is 1. The fourth-order valence-electron chi connectivity index (χ4n) is 1.67. The van der Waals surface area contributed by atoms with Gasteiger partial charge in [0.25, 0.3) is 0 Å². The number of nitrogens with zero attached hydrogens (tertiary/aromatic N) is 1. The van der Waals surface area contributed by atoms with E-state index in [4.69, 9.17) is 37.4 Å². The minimum atomic E-state index is -4.43. The molecule has 10 heteroatoms. The number of anilines is 1. The van der Waals surface area contributed by atoms with Crippen molar-refractivity contribution in [3.8, 4) is 0 Å². The second-order valence-electron chi connectivity index (χ2n) is 4.37. The number of amides is 1. The van der Waals surface area contributed by atoms with E-state index in [2.05, 4.69) is 10.3 Å². The Hall–Kier alpha value is -1.37. The molecule has 0 saturated carbocycles. The minimum Gasteiger partial charge on any atom is -0.446 e. The Balaban J connectivity index is 2.06. The molecular weight excluding hydrogens is 354 g/mol. The van der Waals surface area contributed by atoms with Gasteiger partial charge in [-0.25, -0.2) is 0 Å². The average molecular weight is 365 g/mol. The smallest absolute Gasteiger partial charge is 0.334 e. The van der Waals surface area contributed by atoms with Gasteiger partial charge in [0, 0.05) is 10.0 Å². The van der Waals surface area contributed by atoms with E-state index in [1.54, 1.807) is 18.2 Å². The molecule has 1 aromatic carbocycles. The monoisotopic (exact) mass is 364 g/mol. The van der Waals surface area contributed by atoms with Gasteiger partial charge in [0.1, 0.15) is 12.4 Å². The van der Waals surface area contributed by atoms with Crippen molar-refractivity contribution in [2.24, 2.45) is 0 Å².